The van der Waals surface area contributed by atoms with E-state index in [1.807, 2.05) is 0 Å². The van der Waals surface area contributed by atoms with Crippen LogP contribution in [0.15, 0.2) is 0 Å². The molecule has 3 atom stereocenters. The largest absolute Gasteiger partial charge is 0.465 e. The van der Waals surface area contributed by atoms with Crippen LogP contribution in [0.5, 0.6) is 0 Å². The molecule has 2 heteroatoms. The van der Waals surface area contributed by atoms with Gasteiger partial charge < -0.3 is 4.74 Å². The van der Waals surface area contributed by atoms with Gasteiger partial charge in [0.25, 0.3) is 6.47 Å². The summed E-state index contributed by atoms with van der Waals surface area (Å²) in [6.07, 6.45) is 7.79. The van der Waals surface area contributed by atoms with Crippen molar-refractivity contribution in [1.29, 1.82) is 0 Å². The highest BCUT2D eigenvalue weighted by molar-refractivity contribution is 5.37. The predicted octanol–water partition coefficient (Wildman–Crippen LogP) is 2.52. The third kappa shape index (κ3) is 1.87. The van der Waals surface area contributed by atoms with Gasteiger partial charge in [-0.1, -0.05) is 19.8 Å². The first-order valence-electron chi connectivity index (χ1n) is 5.31. The number of hydrogen-bond donors (Lipinski definition) is 0. The van der Waals surface area contributed by atoms with Gasteiger partial charge in [-0.05, 0) is 37.0 Å². The first-order chi connectivity index (χ1) is 6.22. The second kappa shape index (κ2) is 3.32. The molecule has 2 nitrogen and oxygen atoms in total. The summed E-state index contributed by atoms with van der Waals surface area (Å²) >= 11 is 0. The standard InChI is InChI=1S/C11H18O2/c1-11-4-2-3-9(6-11)5-10(7-11)13-8-12/h8-10H,2-7H2,1H3. The maximum Gasteiger partial charge on any atom is 0.293 e. The SMILES string of the molecule is CC12CCCC(CC(OC=O)C1)C2. The topological polar surface area (TPSA) is 26.3 Å². The fraction of sp³-hybridized carbons (Fsp3) is 0.909. The highest BCUT2D eigenvalue weighted by atomic mass is 16.5. The molecule has 13 heavy (non-hydrogen) atoms. The fourth-order valence-electron chi connectivity index (χ4n) is 3.29. The zero-order valence-corrected chi connectivity index (χ0v) is 8.29. The van der Waals surface area contributed by atoms with E-state index >= 15 is 0 Å². The lowest BCUT2D eigenvalue weighted by molar-refractivity contribution is -0.139. The average Bonchev–Trinajstić information content (AvgIpc) is 2.02. The molecule has 0 aromatic rings. The Morgan fingerprint density at radius 3 is 3.00 bits per heavy atom. The number of carbonyl (C=O) groups excluding carboxylic acids is 1. The second-order valence-electron chi connectivity index (χ2n) is 5.07. The Morgan fingerprint density at radius 2 is 2.31 bits per heavy atom. The van der Waals surface area contributed by atoms with E-state index in [1.54, 1.807) is 0 Å². The number of ether oxygens (including phenoxy) is 1. The van der Waals surface area contributed by atoms with Gasteiger partial charge in [0, 0.05) is 0 Å². The van der Waals surface area contributed by atoms with E-state index < -0.39 is 0 Å². The molecule has 2 aliphatic rings. The maximum atomic E-state index is 10.3. The molecule has 2 rings (SSSR count). The lowest BCUT2D eigenvalue weighted by Crippen LogP contribution is -2.38. The van der Waals surface area contributed by atoms with Crippen molar-refractivity contribution < 1.29 is 9.53 Å². The number of fused-ring (bicyclic) bond motifs is 2. The van der Waals surface area contributed by atoms with Crippen LogP contribution in [0.1, 0.15) is 45.4 Å². The van der Waals surface area contributed by atoms with Gasteiger partial charge in [-0.15, -0.1) is 0 Å². The van der Waals surface area contributed by atoms with Crippen LogP contribution in [-0.4, -0.2) is 12.6 Å². The van der Waals surface area contributed by atoms with E-state index in [1.165, 1.54) is 25.7 Å². The Kier molecular flexibility index (Phi) is 2.31. The first-order valence-corrected chi connectivity index (χ1v) is 5.31. The molecule has 0 amide bonds. The van der Waals surface area contributed by atoms with Crippen molar-refractivity contribution in [3.8, 4) is 0 Å². The van der Waals surface area contributed by atoms with Crippen LogP contribution in [0.25, 0.3) is 0 Å². The van der Waals surface area contributed by atoms with Crippen LogP contribution in [0.2, 0.25) is 0 Å². The van der Waals surface area contributed by atoms with Crippen molar-refractivity contribution in [3.05, 3.63) is 0 Å². The molecular weight excluding hydrogens is 164 g/mol. The van der Waals surface area contributed by atoms with E-state index in [4.69, 9.17) is 4.74 Å². The summed E-state index contributed by atoms with van der Waals surface area (Å²) in [6, 6.07) is 0. The third-order valence-electron chi connectivity index (χ3n) is 3.74. The fourth-order valence-corrected chi connectivity index (χ4v) is 3.29. The van der Waals surface area contributed by atoms with Crippen molar-refractivity contribution in [1.82, 2.24) is 0 Å². The van der Waals surface area contributed by atoms with Crippen molar-refractivity contribution in [2.24, 2.45) is 11.3 Å². The molecule has 0 spiro atoms. The number of rotatable bonds is 2. The molecule has 0 saturated heterocycles. The van der Waals surface area contributed by atoms with Crippen LogP contribution in [0.4, 0.5) is 0 Å². The maximum absolute atomic E-state index is 10.3. The monoisotopic (exact) mass is 182 g/mol. The van der Waals surface area contributed by atoms with Gasteiger partial charge in [0.2, 0.25) is 0 Å². The van der Waals surface area contributed by atoms with E-state index in [9.17, 15) is 4.79 Å². The molecule has 0 aromatic heterocycles. The highest BCUT2D eigenvalue weighted by Crippen LogP contribution is 2.49. The summed E-state index contributed by atoms with van der Waals surface area (Å²) in [7, 11) is 0. The highest BCUT2D eigenvalue weighted by Gasteiger charge is 2.40. The van der Waals surface area contributed by atoms with Gasteiger partial charge in [0.1, 0.15) is 6.10 Å². The van der Waals surface area contributed by atoms with Crippen LogP contribution < -0.4 is 0 Å². The molecule has 3 unspecified atom stereocenters. The normalized spacial score (nSPS) is 44.1. The second-order valence-corrected chi connectivity index (χ2v) is 5.07. The molecule has 2 fully saturated rings. The van der Waals surface area contributed by atoms with Crippen molar-refractivity contribution in [2.75, 3.05) is 0 Å². The molecule has 74 valence electrons. The zero-order valence-electron chi connectivity index (χ0n) is 8.29. The Hall–Kier alpha value is -0.530. The zero-order chi connectivity index (χ0) is 9.31. The van der Waals surface area contributed by atoms with Crippen LogP contribution in [0, 0.1) is 11.3 Å². The van der Waals surface area contributed by atoms with Gasteiger partial charge in [-0.3, -0.25) is 4.79 Å². The van der Waals surface area contributed by atoms with Gasteiger partial charge in [0.05, 0.1) is 0 Å². The minimum absolute atomic E-state index is 0.210. The summed E-state index contributed by atoms with van der Waals surface area (Å²) in [5, 5.41) is 0. The molecule has 0 aromatic carbocycles. The first kappa shape index (κ1) is 9.04. The van der Waals surface area contributed by atoms with E-state index in [-0.39, 0.29) is 6.10 Å². The molecule has 2 saturated carbocycles. The van der Waals surface area contributed by atoms with Crippen molar-refractivity contribution in [2.45, 2.75) is 51.6 Å². The van der Waals surface area contributed by atoms with E-state index in [0.717, 1.165) is 18.8 Å². The molecule has 0 heterocycles. The van der Waals surface area contributed by atoms with Gasteiger partial charge in [-0.2, -0.15) is 0 Å². The van der Waals surface area contributed by atoms with E-state index in [0.29, 0.717) is 11.9 Å². The summed E-state index contributed by atoms with van der Waals surface area (Å²) in [6.45, 7) is 2.97. The lowest BCUT2D eigenvalue weighted by atomic mass is 9.62. The Morgan fingerprint density at radius 1 is 1.46 bits per heavy atom. The average molecular weight is 182 g/mol. The van der Waals surface area contributed by atoms with Crippen LogP contribution >= 0.6 is 0 Å². The van der Waals surface area contributed by atoms with Crippen molar-refractivity contribution in [3.63, 3.8) is 0 Å². The van der Waals surface area contributed by atoms with E-state index in [2.05, 4.69) is 6.92 Å². The van der Waals surface area contributed by atoms with Crippen LogP contribution in [-0.2, 0) is 9.53 Å². The predicted molar refractivity (Wildman–Crippen MR) is 50.2 cm³/mol. The quantitative estimate of drug-likeness (QED) is 0.613. The minimum Gasteiger partial charge on any atom is -0.465 e. The minimum atomic E-state index is 0.210. The Bertz CT molecular complexity index is 202. The lowest BCUT2D eigenvalue weighted by Gasteiger charge is -2.45. The summed E-state index contributed by atoms with van der Waals surface area (Å²) < 4.78 is 5.10. The third-order valence-corrected chi connectivity index (χ3v) is 3.74. The summed E-state index contributed by atoms with van der Waals surface area (Å²) in [4.78, 5) is 10.3. The smallest absolute Gasteiger partial charge is 0.293 e. The summed E-state index contributed by atoms with van der Waals surface area (Å²) in [5.41, 5.74) is 0.467. The number of hydrogen-bond acceptors (Lipinski definition) is 2. The van der Waals surface area contributed by atoms with Gasteiger partial charge in [0.15, 0.2) is 0 Å². The Balaban J connectivity index is 2.02. The molecule has 0 radical (unpaired) electrons. The Labute approximate surface area is 79.7 Å². The summed E-state index contributed by atoms with van der Waals surface area (Å²) in [5.74, 6) is 0.817. The molecule has 0 N–H and O–H groups in total. The number of carbonyl (C=O) groups is 1. The molecule has 2 aliphatic carbocycles. The molecule has 2 bridgehead atoms. The van der Waals surface area contributed by atoms with Gasteiger partial charge >= 0.3 is 0 Å². The van der Waals surface area contributed by atoms with Gasteiger partial charge in [-0.25, -0.2) is 0 Å². The molecule has 0 aliphatic heterocycles. The van der Waals surface area contributed by atoms with Crippen molar-refractivity contribution >= 4 is 6.47 Å². The molecular formula is C11H18O2. The van der Waals surface area contributed by atoms with Crippen LogP contribution in [0.3, 0.4) is 0 Å².